The van der Waals surface area contributed by atoms with E-state index >= 15 is 0 Å². The minimum atomic E-state index is -5.14. The van der Waals surface area contributed by atoms with Crippen molar-refractivity contribution in [1.82, 2.24) is 0 Å². The molecule has 0 aliphatic rings. The van der Waals surface area contributed by atoms with Gasteiger partial charge in [0.05, 0.1) is 10.6 Å². The molecule has 1 amide bonds. The molecule has 0 bridgehead atoms. The highest BCUT2D eigenvalue weighted by Crippen LogP contribution is 2.23. The number of sulfone groups is 1. The lowest BCUT2D eigenvalue weighted by Crippen LogP contribution is -2.30. The first kappa shape index (κ1) is 19.4. The third kappa shape index (κ3) is 6.15. The highest BCUT2D eigenvalue weighted by molar-refractivity contribution is 7.90. The van der Waals surface area contributed by atoms with E-state index in [9.17, 15) is 34.8 Å². The summed E-state index contributed by atoms with van der Waals surface area (Å²) in [5, 5.41) is 1.51. The Morgan fingerprint density at radius 2 is 1.78 bits per heavy atom. The highest BCUT2D eigenvalue weighted by Gasteiger charge is 2.38. The van der Waals surface area contributed by atoms with Gasteiger partial charge in [-0.05, 0) is 30.2 Å². The molecule has 2 N–H and O–H groups in total. The average molecular weight is 375 g/mol. The Hall–Kier alpha value is -1.66. The Bertz CT molecular complexity index is 815. The summed E-state index contributed by atoms with van der Waals surface area (Å²) in [5.41, 5.74) is -0.624. The molecule has 0 atom stereocenters. The minimum Gasteiger partial charge on any atom is -0.318 e. The third-order valence-electron chi connectivity index (χ3n) is 2.60. The van der Waals surface area contributed by atoms with Crippen LogP contribution < -0.4 is 5.32 Å². The third-order valence-corrected chi connectivity index (χ3v) is 4.50. The number of carbonyl (C=O) groups is 1. The largest absolute Gasteiger partial charge is 0.471 e. The first-order chi connectivity index (χ1) is 10.2. The monoisotopic (exact) mass is 375 g/mol. The van der Waals surface area contributed by atoms with E-state index in [0.29, 0.717) is 0 Å². The molecule has 0 radical (unpaired) electrons. The molecule has 7 nitrogen and oxygen atoms in total. The maximum absolute atomic E-state index is 12.2. The Morgan fingerprint density at radius 1 is 1.22 bits per heavy atom. The van der Waals surface area contributed by atoms with Crippen LogP contribution in [0.3, 0.4) is 0 Å². The fourth-order valence-corrected chi connectivity index (χ4v) is 2.92. The van der Waals surface area contributed by atoms with E-state index < -0.39 is 42.7 Å². The summed E-state index contributed by atoms with van der Waals surface area (Å²) in [5.74, 6) is -2.77. The lowest BCUT2D eigenvalue weighted by molar-refractivity contribution is -0.167. The van der Waals surface area contributed by atoms with Crippen molar-refractivity contribution in [2.45, 2.75) is 17.5 Å². The van der Waals surface area contributed by atoms with Crippen LogP contribution in [0.5, 0.6) is 0 Å². The van der Waals surface area contributed by atoms with Gasteiger partial charge in [-0.25, -0.2) is 8.42 Å². The number of benzene rings is 1. The van der Waals surface area contributed by atoms with Gasteiger partial charge in [-0.2, -0.15) is 21.6 Å². The summed E-state index contributed by atoms with van der Waals surface area (Å²) < 4.78 is 90.3. The molecule has 0 aliphatic carbocycles. The van der Waals surface area contributed by atoms with Crippen LogP contribution in [-0.4, -0.2) is 45.5 Å². The molecular weight excluding hydrogens is 363 g/mol. The van der Waals surface area contributed by atoms with Crippen molar-refractivity contribution in [3.8, 4) is 0 Å². The summed E-state index contributed by atoms with van der Waals surface area (Å²) in [6.45, 7) is 0. The predicted molar refractivity (Wildman–Crippen MR) is 74.4 cm³/mol. The lowest BCUT2D eigenvalue weighted by Gasteiger charge is -2.12. The summed E-state index contributed by atoms with van der Waals surface area (Å²) in [7, 11) is -8.19. The first-order valence-electron chi connectivity index (χ1n) is 5.86. The van der Waals surface area contributed by atoms with E-state index in [1.54, 1.807) is 0 Å². The maximum Gasteiger partial charge on any atom is 0.471 e. The van der Waals surface area contributed by atoms with Crippen LogP contribution in [0.15, 0.2) is 23.1 Å². The van der Waals surface area contributed by atoms with Gasteiger partial charge in [0.15, 0.2) is 0 Å². The Morgan fingerprint density at radius 3 is 2.22 bits per heavy atom. The van der Waals surface area contributed by atoms with Crippen LogP contribution in [0.4, 0.5) is 18.9 Å². The van der Waals surface area contributed by atoms with Crippen LogP contribution in [0.1, 0.15) is 5.56 Å². The summed E-state index contributed by atoms with van der Waals surface area (Å²) in [6, 6.07) is 2.48. The molecule has 0 aliphatic heterocycles. The quantitative estimate of drug-likeness (QED) is 0.742. The van der Waals surface area contributed by atoms with Gasteiger partial charge in [-0.1, -0.05) is 0 Å². The van der Waals surface area contributed by atoms with Gasteiger partial charge in [0.2, 0.25) is 0 Å². The van der Waals surface area contributed by atoms with Crippen molar-refractivity contribution >= 4 is 31.5 Å². The molecule has 0 fully saturated rings. The van der Waals surface area contributed by atoms with Gasteiger partial charge in [0.1, 0.15) is 9.84 Å². The molecule has 0 heterocycles. The zero-order valence-corrected chi connectivity index (χ0v) is 13.2. The number of amides is 1. The van der Waals surface area contributed by atoms with E-state index in [2.05, 4.69) is 0 Å². The molecule has 23 heavy (non-hydrogen) atoms. The van der Waals surface area contributed by atoms with Crippen LogP contribution in [0.2, 0.25) is 0 Å². The molecule has 1 aromatic carbocycles. The second-order valence-corrected chi connectivity index (χ2v) is 8.28. The van der Waals surface area contributed by atoms with E-state index in [-0.39, 0.29) is 17.7 Å². The fraction of sp³-hybridized carbons (Fsp3) is 0.364. The molecule has 0 saturated carbocycles. The smallest absolute Gasteiger partial charge is 0.318 e. The summed E-state index contributed by atoms with van der Waals surface area (Å²) in [4.78, 5) is 10.2. The lowest BCUT2D eigenvalue weighted by atomic mass is 10.1. The number of hydrogen-bond donors (Lipinski definition) is 2. The van der Waals surface area contributed by atoms with Gasteiger partial charge >= 0.3 is 12.1 Å². The van der Waals surface area contributed by atoms with Crippen molar-refractivity contribution in [2.24, 2.45) is 0 Å². The molecule has 0 saturated heterocycles. The van der Waals surface area contributed by atoms with Gasteiger partial charge in [-0.15, -0.1) is 0 Å². The molecule has 1 aromatic rings. The Kier molecular flexibility index (Phi) is 5.44. The summed E-state index contributed by atoms with van der Waals surface area (Å²) >= 11 is 0. The molecule has 12 heteroatoms. The van der Waals surface area contributed by atoms with Gasteiger partial charge in [-0.3, -0.25) is 9.35 Å². The van der Waals surface area contributed by atoms with Gasteiger partial charge < -0.3 is 5.32 Å². The fourth-order valence-electron chi connectivity index (χ4n) is 1.60. The van der Waals surface area contributed by atoms with Crippen molar-refractivity contribution < 1.29 is 39.4 Å². The van der Waals surface area contributed by atoms with Crippen LogP contribution >= 0.6 is 0 Å². The van der Waals surface area contributed by atoms with Gasteiger partial charge in [0.25, 0.3) is 10.1 Å². The van der Waals surface area contributed by atoms with E-state index in [1.807, 2.05) is 0 Å². The molecule has 130 valence electrons. The van der Waals surface area contributed by atoms with Crippen LogP contribution in [0.25, 0.3) is 0 Å². The topological polar surface area (TPSA) is 118 Å². The zero-order chi connectivity index (χ0) is 18.1. The zero-order valence-electron chi connectivity index (χ0n) is 11.6. The number of rotatable bonds is 5. The van der Waals surface area contributed by atoms with Crippen molar-refractivity contribution in [3.05, 3.63) is 23.8 Å². The van der Waals surface area contributed by atoms with Crippen molar-refractivity contribution in [2.75, 3.05) is 17.3 Å². The second kappa shape index (κ2) is 6.45. The number of hydrogen-bond acceptors (Lipinski definition) is 5. The number of halogens is 3. The standard InChI is InChI=1S/C11H12F3NO6S2/c1-22(17,18)5-4-7-6-8(15-10(16)11(12,13)14)2-3-9(7)23(19,20)21/h2-3,6H,4-5H2,1H3,(H,15,16)(H,19,20,21). The van der Waals surface area contributed by atoms with E-state index in [1.165, 1.54) is 5.32 Å². The van der Waals surface area contributed by atoms with E-state index in [0.717, 1.165) is 24.5 Å². The van der Waals surface area contributed by atoms with Crippen LogP contribution in [0, 0.1) is 0 Å². The molecule has 0 aromatic heterocycles. The molecule has 1 rings (SSSR count). The number of carbonyl (C=O) groups excluding carboxylic acids is 1. The average Bonchev–Trinajstić information content (AvgIpc) is 2.33. The Labute approximate surface area is 130 Å². The SMILES string of the molecule is CS(=O)(=O)CCc1cc(NC(=O)C(F)(F)F)ccc1S(=O)(=O)O. The number of nitrogens with one attached hydrogen (secondary N) is 1. The molecule has 0 unspecified atom stereocenters. The van der Waals surface area contributed by atoms with Gasteiger partial charge in [0, 0.05) is 11.9 Å². The first-order valence-corrected chi connectivity index (χ1v) is 9.36. The van der Waals surface area contributed by atoms with Crippen molar-refractivity contribution in [3.63, 3.8) is 0 Å². The second-order valence-electron chi connectivity index (χ2n) is 4.63. The number of alkyl halides is 3. The molecule has 0 spiro atoms. The highest BCUT2D eigenvalue weighted by atomic mass is 32.2. The number of anilines is 1. The minimum absolute atomic E-state index is 0.238. The molecular formula is C11H12F3NO6S2. The predicted octanol–water partition coefficient (Wildman–Crippen LogP) is 1.02. The van der Waals surface area contributed by atoms with E-state index in [4.69, 9.17) is 4.55 Å². The van der Waals surface area contributed by atoms with Crippen molar-refractivity contribution in [1.29, 1.82) is 0 Å². The normalized spacial score (nSPS) is 12.9. The number of aryl methyl sites for hydroxylation is 1. The maximum atomic E-state index is 12.2. The van der Waals surface area contributed by atoms with Crippen LogP contribution in [-0.2, 0) is 31.2 Å². The Balaban J connectivity index is 3.22. The summed E-state index contributed by atoms with van der Waals surface area (Å²) in [6.07, 6.45) is -4.63.